The molecule has 0 atom stereocenters. The van der Waals surface area contributed by atoms with Crippen molar-refractivity contribution in [3.63, 3.8) is 0 Å². The average Bonchev–Trinajstić information content (AvgIpc) is 2.47. The van der Waals surface area contributed by atoms with Crippen LogP contribution in [0.4, 0.5) is 11.5 Å². The first kappa shape index (κ1) is 10.7. The molecule has 0 N–H and O–H groups in total. The Balaban J connectivity index is 2.04. The summed E-state index contributed by atoms with van der Waals surface area (Å²) in [6, 6.07) is 16.1. The molecule has 3 aromatic rings. The third-order valence-corrected chi connectivity index (χ3v) is 2.96. The molecular weight excluding hydrogens is 222 g/mol. The van der Waals surface area contributed by atoms with Crippen molar-refractivity contribution in [3.05, 3.63) is 60.9 Å². The minimum Gasteiger partial charge on any atom is -0.328 e. The van der Waals surface area contributed by atoms with Crippen LogP contribution in [0.25, 0.3) is 10.9 Å². The van der Waals surface area contributed by atoms with E-state index in [1.807, 2.05) is 54.5 Å². The molecule has 0 saturated heterocycles. The zero-order valence-corrected chi connectivity index (χ0v) is 10.1. The summed E-state index contributed by atoms with van der Waals surface area (Å²) < 4.78 is 0. The molecule has 0 radical (unpaired) electrons. The van der Waals surface area contributed by atoms with Gasteiger partial charge < -0.3 is 4.90 Å². The Labute approximate surface area is 106 Å². The number of pyridine rings is 2. The summed E-state index contributed by atoms with van der Waals surface area (Å²) in [7, 11) is 1.99. The molecule has 0 aliphatic heterocycles. The normalized spacial score (nSPS) is 10.5. The van der Waals surface area contributed by atoms with Crippen molar-refractivity contribution in [2.24, 2.45) is 0 Å². The molecule has 0 unspecified atom stereocenters. The van der Waals surface area contributed by atoms with E-state index in [1.165, 1.54) is 0 Å². The molecule has 0 bridgehead atoms. The maximum atomic E-state index is 4.46. The van der Waals surface area contributed by atoms with Gasteiger partial charge in [-0.15, -0.1) is 0 Å². The summed E-state index contributed by atoms with van der Waals surface area (Å²) in [6.45, 7) is 0. The highest BCUT2D eigenvalue weighted by Gasteiger charge is 2.05. The summed E-state index contributed by atoms with van der Waals surface area (Å²) in [5, 5.41) is 1.14. The third-order valence-electron chi connectivity index (χ3n) is 2.96. The maximum Gasteiger partial charge on any atom is 0.132 e. The predicted molar refractivity (Wildman–Crippen MR) is 74.0 cm³/mol. The van der Waals surface area contributed by atoms with E-state index in [4.69, 9.17) is 0 Å². The Morgan fingerprint density at radius 1 is 0.944 bits per heavy atom. The van der Waals surface area contributed by atoms with Crippen LogP contribution in [0.5, 0.6) is 0 Å². The number of rotatable bonds is 2. The van der Waals surface area contributed by atoms with Crippen molar-refractivity contribution in [2.45, 2.75) is 0 Å². The molecular formula is C15H13N3. The van der Waals surface area contributed by atoms with E-state index in [1.54, 1.807) is 6.20 Å². The number of aromatic nitrogens is 2. The van der Waals surface area contributed by atoms with Crippen molar-refractivity contribution in [2.75, 3.05) is 11.9 Å². The Hall–Kier alpha value is -2.42. The summed E-state index contributed by atoms with van der Waals surface area (Å²) in [5.41, 5.74) is 2.04. The fourth-order valence-electron chi connectivity index (χ4n) is 1.93. The van der Waals surface area contributed by atoms with Crippen LogP contribution in [0.15, 0.2) is 60.9 Å². The zero-order chi connectivity index (χ0) is 12.4. The van der Waals surface area contributed by atoms with E-state index in [2.05, 4.69) is 22.1 Å². The molecule has 3 nitrogen and oxygen atoms in total. The highest BCUT2D eigenvalue weighted by Crippen LogP contribution is 2.23. The molecule has 0 spiro atoms. The minimum absolute atomic E-state index is 0.912. The Morgan fingerprint density at radius 2 is 1.78 bits per heavy atom. The second kappa shape index (κ2) is 4.45. The monoisotopic (exact) mass is 235 g/mol. The number of para-hydroxylation sites is 1. The average molecular weight is 235 g/mol. The first-order chi connectivity index (χ1) is 8.84. The Morgan fingerprint density at radius 3 is 2.61 bits per heavy atom. The van der Waals surface area contributed by atoms with Gasteiger partial charge in [-0.1, -0.05) is 24.3 Å². The second-order valence-electron chi connectivity index (χ2n) is 4.13. The third kappa shape index (κ3) is 1.91. The summed E-state index contributed by atoms with van der Waals surface area (Å²) in [6.07, 6.45) is 3.66. The number of hydrogen-bond donors (Lipinski definition) is 0. The van der Waals surface area contributed by atoms with Crippen molar-refractivity contribution in [3.8, 4) is 0 Å². The number of nitrogens with zero attached hydrogens (tertiary/aromatic N) is 3. The lowest BCUT2D eigenvalue weighted by atomic mass is 10.2. The molecule has 18 heavy (non-hydrogen) atoms. The lowest BCUT2D eigenvalue weighted by Crippen LogP contribution is -2.10. The first-order valence-electron chi connectivity index (χ1n) is 5.84. The number of anilines is 2. The summed E-state index contributed by atoms with van der Waals surface area (Å²) in [4.78, 5) is 10.8. The van der Waals surface area contributed by atoms with Crippen molar-refractivity contribution in [1.82, 2.24) is 9.97 Å². The molecule has 3 heteroatoms. The van der Waals surface area contributed by atoms with Gasteiger partial charge in [0.2, 0.25) is 0 Å². The van der Waals surface area contributed by atoms with Crippen molar-refractivity contribution < 1.29 is 0 Å². The molecule has 3 rings (SSSR count). The van der Waals surface area contributed by atoms with Crippen molar-refractivity contribution in [1.29, 1.82) is 0 Å². The van der Waals surface area contributed by atoms with Gasteiger partial charge in [-0.05, 0) is 24.3 Å². The topological polar surface area (TPSA) is 29.0 Å². The highest BCUT2D eigenvalue weighted by molar-refractivity contribution is 5.82. The number of hydrogen-bond acceptors (Lipinski definition) is 3. The number of fused-ring (bicyclic) bond motifs is 1. The molecule has 0 amide bonds. The number of benzene rings is 1. The van der Waals surface area contributed by atoms with Crippen LogP contribution in [0.3, 0.4) is 0 Å². The molecule has 0 saturated carbocycles. The SMILES string of the molecule is CN(c1cnc2ccccc2c1)c1ccccn1. The largest absolute Gasteiger partial charge is 0.328 e. The maximum absolute atomic E-state index is 4.46. The molecule has 0 fully saturated rings. The molecule has 1 aromatic carbocycles. The van der Waals surface area contributed by atoms with E-state index in [0.29, 0.717) is 0 Å². The van der Waals surface area contributed by atoms with Crippen LogP contribution in [-0.2, 0) is 0 Å². The minimum atomic E-state index is 0.912. The molecule has 0 aliphatic carbocycles. The van der Waals surface area contributed by atoms with Crippen molar-refractivity contribution >= 4 is 22.4 Å². The first-order valence-corrected chi connectivity index (χ1v) is 5.84. The van der Waals surface area contributed by atoms with Gasteiger partial charge in [0.25, 0.3) is 0 Å². The van der Waals surface area contributed by atoms with Crippen LogP contribution in [0.2, 0.25) is 0 Å². The van der Waals surface area contributed by atoms with Gasteiger partial charge in [0.05, 0.1) is 17.4 Å². The predicted octanol–water partition coefficient (Wildman–Crippen LogP) is 3.40. The van der Waals surface area contributed by atoms with Crippen LogP contribution >= 0.6 is 0 Å². The van der Waals surface area contributed by atoms with E-state index in [9.17, 15) is 0 Å². The highest BCUT2D eigenvalue weighted by atomic mass is 15.2. The van der Waals surface area contributed by atoms with E-state index >= 15 is 0 Å². The van der Waals surface area contributed by atoms with Crippen LogP contribution < -0.4 is 4.90 Å². The molecule has 2 heterocycles. The lowest BCUT2D eigenvalue weighted by Gasteiger charge is -2.18. The quantitative estimate of drug-likeness (QED) is 0.681. The summed E-state index contributed by atoms with van der Waals surface area (Å²) in [5.74, 6) is 0.912. The van der Waals surface area contributed by atoms with Crippen LogP contribution in [0.1, 0.15) is 0 Å². The molecule has 2 aromatic heterocycles. The second-order valence-corrected chi connectivity index (χ2v) is 4.13. The van der Waals surface area contributed by atoms with Gasteiger partial charge in [0.1, 0.15) is 5.82 Å². The fraction of sp³-hybridized carbons (Fsp3) is 0.0667. The van der Waals surface area contributed by atoms with Crippen LogP contribution in [0, 0.1) is 0 Å². The van der Waals surface area contributed by atoms with Crippen LogP contribution in [-0.4, -0.2) is 17.0 Å². The zero-order valence-electron chi connectivity index (χ0n) is 10.1. The van der Waals surface area contributed by atoms with E-state index < -0.39 is 0 Å². The van der Waals surface area contributed by atoms with Gasteiger partial charge in [-0.3, -0.25) is 4.98 Å². The van der Waals surface area contributed by atoms with Gasteiger partial charge in [-0.2, -0.15) is 0 Å². The lowest BCUT2D eigenvalue weighted by molar-refractivity contribution is 1.12. The smallest absolute Gasteiger partial charge is 0.132 e. The fourth-order valence-corrected chi connectivity index (χ4v) is 1.93. The standard InChI is InChI=1S/C15H13N3/c1-18(15-8-4-5-9-16-15)13-10-12-6-2-3-7-14(12)17-11-13/h2-11H,1H3. The molecule has 0 aliphatic rings. The molecule has 88 valence electrons. The van der Waals surface area contributed by atoms with E-state index in [-0.39, 0.29) is 0 Å². The summed E-state index contributed by atoms with van der Waals surface area (Å²) >= 11 is 0. The Bertz CT molecular complexity index is 665. The Kier molecular flexibility index (Phi) is 2.65. The van der Waals surface area contributed by atoms with Gasteiger partial charge in [0.15, 0.2) is 0 Å². The van der Waals surface area contributed by atoms with Gasteiger partial charge in [0, 0.05) is 18.6 Å². The van der Waals surface area contributed by atoms with Gasteiger partial charge in [-0.25, -0.2) is 4.98 Å². The van der Waals surface area contributed by atoms with E-state index in [0.717, 1.165) is 22.4 Å². The van der Waals surface area contributed by atoms with Gasteiger partial charge >= 0.3 is 0 Å².